The molecule has 0 aromatic carbocycles. The lowest BCUT2D eigenvalue weighted by Crippen LogP contribution is -1.96. The zero-order valence-corrected chi connectivity index (χ0v) is 6.86. The fraction of sp³-hybridized carbons (Fsp3) is 0.625. The second-order valence-corrected chi connectivity index (χ2v) is 2.82. The predicted molar refractivity (Wildman–Crippen MR) is 45.3 cm³/mol. The fourth-order valence-electron chi connectivity index (χ4n) is 1.31. The van der Waals surface area contributed by atoms with E-state index < -0.39 is 5.91 Å². The van der Waals surface area contributed by atoms with Gasteiger partial charge in [0.05, 0.1) is 0 Å². The molecule has 0 fully saturated rings. The molecule has 1 aliphatic carbocycles. The van der Waals surface area contributed by atoms with Gasteiger partial charge in [-0.25, -0.2) is 0 Å². The van der Waals surface area contributed by atoms with Crippen molar-refractivity contribution in [3.63, 3.8) is 0 Å². The topological polar surface area (TPSA) is 65.8 Å². The predicted octanol–water partition coefficient (Wildman–Crippen LogP) is 2.71. The number of carbonyl (C=O) groups is 1. The molecule has 0 atom stereocenters. The molecule has 0 bridgehead atoms. The molecule has 0 N–H and O–H groups in total. The molecular formula is C8H11N3O. The molecule has 12 heavy (non-hydrogen) atoms. The number of carbonyl (C=O) groups excluding carboxylic acids is 1. The SMILES string of the molecule is [N-]=[N+]=NC(=O)C1=CCCCCC1. The lowest BCUT2D eigenvalue weighted by atomic mass is 10.1. The Kier molecular flexibility index (Phi) is 3.35. The van der Waals surface area contributed by atoms with E-state index in [0.29, 0.717) is 5.57 Å². The first-order chi connectivity index (χ1) is 5.84. The van der Waals surface area contributed by atoms with Gasteiger partial charge in [-0.3, -0.25) is 4.79 Å². The number of amides is 1. The van der Waals surface area contributed by atoms with E-state index in [2.05, 4.69) is 10.0 Å². The number of azide groups is 1. The Morgan fingerprint density at radius 3 is 3.08 bits per heavy atom. The summed E-state index contributed by atoms with van der Waals surface area (Å²) in [5.74, 6) is -0.403. The van der Waals surface area contributed by atoms with E-state index in [1.54, 1.807) is 0 Å². The molecular weight excluding hydrogens is 154 g/mol. The molecule has 0 saturated heterocycles. The fourth-order valence-corrected chi connectivity index (χ4v) is 1.31. The Morgan fingerprint density at radius 2 is 2.33 bits per heavy atom. The van der Waals surface area contributed by atoms with E-state index in [4.69, 9.17) is 5.53 Å². The van der Waals surface area contributed by atoms with Crippen LogP contribution < -0.4 is 0 Å². The second-order valence-electron chi connectivity index (χ2n) is 2.82. The molecule has 4 nitrogen and oxygen atoms in total. The third-order valence-electron chi connectivity index (χ3n) is 1.95. The van der Waals surface area contributed by atoms with Crippen LogP contribution in [-0.4, -0.2) is 5.91 Å². The highest BCUT2D eigenvalue weighted by atomic mass is 16.1. The van der Waals surface area contributed by atoms with Crippen molar-refractivity contribution in [3.8, 4) is 0 Å². The Hall–Kier alpha value is -1.28. The number of hydrogen-bond acceptors (Lipinski definition) is 1. The van der Waals surface area contributed by atoms with Gasteiger partial charge < -0.3 is 0 Å². The monoisotopic (exact) mass is 165 g/mol. The first-order valence-electron chi connectivity index (χ1n) is 4.13. The van der Waals surface area contributed by atoms with Crippen LogP contribution >= 0.6 is 0 Å². The molecule has 0 unspecified atom stereocenters. The van der Waals surface area contributed by atoms with Gasteiger partial charge in [-0.05, 0) is 41.9 Å². The molecule has 0 spiro atoms. The maximum absolute atomic E-state index is 11.1. The highest BCUT2D eigenvalue weighted by Gasteiger charge is 2.08. The molecule has 64 valence electrons. The maximum Gasteiger partial charge on any atom is 0.244 e. The summed E-state index contributed by atoms with van der Waals surface area (Å²) in [5, 5.41) is 3.06. The van der Waals surface area contributed by atoms with Crippen LogP contribution in [0.5, 0.6) is 0 Å². The summed E-state index contributed by atoms with van der Waals surface area (Å²) in [5.41, 5.74) is 8.73. The van der Waals surface area contributed by atoms with Crippen LogP contribution in [0.25, 0.3) is 10.4 Å². The summed E-state index contributed by atoms with van der Waals surface area (Å²) in [6.07, 6.45) is 6.90. The first-order valence-corrected chi connectivity index (χ1v) is 4.13. The minimum atomic E-state index is -0.403. The van der Waals surface area contributed by atoms with Crippen LogP contribution in [0.2, 0.25) is 0 Å². The summed E-state index contributed by atoms with van der Waals surface area (Å²) in [4.78, 5) is 13.5. The van der Waals surface area contributed by atoms with Crippen molar-refractivity contribution < 1.29 is 4.79 Å². The highest BCUT2D eigenvalue weighted by molar-refractivity contribution is 5.93. The Morgan fingerprint density at radius 1 is 1.50 bits per heavy atom. The van der Waals surface area contributed by atoms with E-state index in [0.717, 1.165) is 32.1 Å². The standard InChI is InChI=1S/C8H11N3O/c9-11-10-8(12)7-5-3-1-2-4-6-7/h5H,1-4,6H2. The van der Waals surface area contributed by atoms with Crippen LogP contribution in [0.1, 0.15) is 32.1 Å². The van der Waals surface area contributed by atoms with Gasteiger partial charge in [0.2, 0.25) is 5.91 Å². The summed E-state index contributed by atoms with van der Waals surface area (Å²) in [6.45, 7) is 0. The molecule has 4 heteroatoms. The van der Waals surface area contributed by atoms with Crippen LogP contribution in [-0.2, 0) is 4.79 Å². The molecule has 0 saturated carbocycles. The third kappa shape index (κ3) is 2.40. The Bertz CT molecular complexity index is 251. The molecule has 0 radical (unpaired) electrons. The normalized spacial score (nSPS) is 17.2. The number of hydrogen-bond donors (Lipinski definition) is 0. The second kappa shape index (κ2) is 4.57. The van der Waals surface area contributed by atoms with Crippen LogP contribution in [0.4, 0.5) is 0 Å². The maximum atomic E-state index is 11.1. The molecule has 0 aliphatic heterocycles. The van der Waals surface area contributed by atoms with E-state index in [1.807, 2.05) is 6.08 Å². The average Bonchev–Trinajstić information content (AvgIpc) is 2.32. The van der Waals surface area contributed by atoms with E-state index >= 15 is 0 Å². The quantitative estimate of drug-likeness (QED) is 0.334. The van der Waals surface area contributed by atoms with E-state index in [-0.39, 0.29) is 0 Å². The van der Waals surface area contributed by atoms with Crippen molar-refractivity contribution in [2.75, 3.05) is 0 Å². The Balaban J connectivity index is 2.64. The van der Waals surface area contributed by atoms with Gasteiger partial charge in [-0.2, -0.15) is 0 Å². The van der Waals surface area contributed by atoms with Crippen molar-refractivity contribution in [2.45, 2.75) is 32.1 Å². The minimum absolute atomic E-state index is 0.403. The lowest BCUT2D eigenvalue weighted by molar-refractivity contribution is -0.114. The summed E-state index contributed by atoms with van der Waals surface area (Å²) < 4.78 is 0. The molecule has 0 aromatic heterocycles. The smallest absolute Gasteiger partial charge is 0.244 e. The van der Waals surface area contributed by atoms with Gasteiger partial charge in [0.1, 0.15) is 0 Å². The zero-order chi connectivity index (χ0) is 8.81. The van der Waals surface area contributed by atoms with Gasteiger partial charge in [-0.15, -0.1) is 0 Å². The van der Waals surface area contributed by atoms with Crippen molar-refractivity contribution in [3.05, 3.63) is 22.1 Å². The van der Waals surface area contributed by atoms with Crippen molar-refractivity contribution in [2.24, 2.45) is 5.11 Å². The molecule has 0 heterocycles. The average molecular weight is 165 g/mol. The van der Waals surface area contributed by atoms with Crippen molar-refractivity contribution >= 4 is 5.91 Å². The Labute approximate surface area is 70.9 Å². The van der Waals surface area contributed by atoms with Crippen molar-refractivity contribution in [1.82, 2.24) is 0 Å². The van der Waals surface area contributed by atoms with E-state index in [9.17, 15) is 4.79 Å². The molecule has 1 aliphatic rings. The number of allylic oxidation sites excluding steroid dienone is 1. The lowest BCUT2D eigenvalue weighted by Gasteiger charge is -1.96. The van der Waals surface area contributed by atoms with Gasteiger partial charge in [0.15, 0.2) is 0 Å². The van der Waals surface area contributed by atoms with Gasteiger partial charge in [0.25, 0.3) is 0 Å². The largest absolute Gasteiger partial charge is 0.287 e. The first kappa shape index (κ1) is 8.81. The van der Waals surface area contributed by atoms with Gasteiger partial charge in [0, 0.05) is 4.91 Å². The van der Waals surface area contributed by atoms with Crippen molar-refractivity contribution in [1.29, 1.82) is 0 Å². The number of nitrogens with zero attached hydrogens (tertiary/aromatic N) is 3. The van der Waals surface area contributed by atoms with Crippen LogP contribution in [0.15, 0.2) is 16.8 Å². The molecule has 1 rings (SSSR count). The highest BCUT2D eigenvalue weighted by Crippen LogP contribution is 2.17. The van der Waals surface area contributed by atoms with Gasteiger partial charge >= 0.3 is 0 Å². The third-order valence-corrected chi connectivity index (χ3v) is 1.95. The summed E-state index contributed by atoms with van der Waals surface area (Å²) >= 11 is 0. The van der Waals surface area contributed by atoms with Crippen LogP contribution in [0, 0.1) is 0 Å². The van der Waals surface area contributed by atoms with Crippen LogP contribution in [0.3, 0.4) is 0 Å². The molecule has 0 aromatic rings. The summed E-state index contributed by atoms with van der Waals surface area (Å²) in [6, 6.07) is 0. The zero-order valence-electron chi connectivity index (χ0n) is 6.86. The summed E-state index contributed by atoms with van der Waals surface area (Å²) in [7, 11) is 0. The molecule has 1 amide bonds. The minimum Gasteiger partial charge on any atom is -0.287 e. The number of rotatable bonds is 1. The van der Waals surface area contributed by atoms with E-state index in [1.165, 1.54) is 0 Å². The van der Waals surface area contributed by atoms with Gasteiger partial charge in [-0.1, -0.05) is 12.5 Å².